The predicted molar refractivity (Wildman–Crippen MR) is 171 cm³/mol. The van der Waals surface area contributed by atoms with Gasteiger partial charge in [-0.3, -0.25) is 4.90 Å². The Labute approximate surface area is 291 Å². The fraction of sp³-hybridized carbons (Fsp3) is 0.278. The monoisotopic (exact) mass is 745 g/mol. The number of aryl methyl sites for hydroxylation is 1. The van der Waals surface area contributed by atoms with Crippen molar-refractivity contribution in [3.63, 3.8) is 0 Å². The second-order valence-electron chi connectivity index (χ2n) is 11.4. The van der Waals surface area contributed by atoms with Gasteiger partial charge in [0.2, 0.25) is 0 Å². The van der Waals surface area contributed by atoms with E-state index in [1.54, 1.807) is 25.1 Å². The van der Waals surface area contributed by atoms with Crippen LogP contribution in [0.25, 0.3) is 22.3 Å². The molecule has 5 rings (SSSR count). The van der Waals surface area contributed by atoms with Crippen molar-refractivity contribution < 1.29 is 58.9 Å². The number of rotatable bonds is 6. The maximum atomic E-state index is 13.9. The smallest absolute Gasteiger partial charge is 0.416 e. The molecule has 0 saturated carbocycles. The zero-order valence-electron chi connectivity index (χ0n) is 27.2. The number of nitrogens with zero attached hydrogens (tertiary/aromatic N) is 1. The molecule has 0 radical (unpaired) electrons. The lowest BCUT2D eigenvalue weighted by Crippen LogP contribution is -2.32. The van der Waals surface area contributed by atoms with Crippen LogP contribution in [0.4, 0.5) is 44.3 Å². The molecule has 0 bridgehead atoms. The number of hydrogen-bond donors (Lipinski definition) is 1. The normalized spacial score (nSPS) is 16.4. The molecule has 2 atom stereocenters. The Bertz CT molecular complexity index is 1920. The maximum Gasteiger partial charge on any atom is 0.416 e. The molecule has 15 heteroatoms. The number of halogens is 10. The van der Waals surface area contributed by atoms with E-state index in [4.69, 9.17) is 16.3 Å². The SMILES string of the molecule is CC.Cc1cc(C(=O)O)ccc1-c1ccc(Cl)c(-c2ccc(C(F)(F)F)cc2CN2C(=O)OC(c3cc(C(F)(F)F)cc(C(F)(F)F)c3)C2C)c1. The van der Waals surface area contributed by atoms with Crippen LogP contribution < -0.4 is 0 Å². The van der Waals surface area contributed by atoms with E-state index < -0.39 is 71.5 Å². The Morgan fingerprint density at radius 3 is 1.86 bits per heavy atom. The minimum atomic E-state index is -5.17. The third kappa shape index (κ3) is 8.43. The Balaban J connectivity index is 0.00000286. The summed E-state index contributed by atoms with van der Waals surface area (Å²) in [5.74, 6) is -1.15. The molecular formula is C36H29ClF9NO4. The molecule has 1 heterocycles. The topological polar surface area (TPSA) is 66.8 Å². The average molecular weight is 746 g/mol. The van der Waals surface area contributed by atoms with Crippen LogP contribution in [0.15, 0.2) is 72.8 Å². The number of benzene rings is 4. The van der Waals surface area contributed by atoms with Crippen molar-refractivity contribution in [3.8, 4) is 22.3 Å². The van der Waals surface area contributed by atoms with E-state index >= 15 is 0 Å². The first-order chi connectivity index (χ1) is 23.6. The summed E-state index contributed by atoms with van der Waals surface area (Å²) in [7, 11) is 0. The van der Waals surface area contributed by atoms with E-state index in [1.807, 2.05) is 13.8 Å². The first-order valence-corrected chi connectivity index (χ1v) is 15.6. The molecule has 1 amide bonds. The first-order valence-electron chi connectivity index (χ1n) is 15.3. The van der Waals surface area contributed by atoms with Crippen molar-refractivity contribution >= 4 is 23.7 Å². The number of alkyl halides is 9. The first kappa shape index (κ1) is 39.1. The van der Waals surface area contributed by atoms with E-state index in [0.717, 1.165) is 23.1 Å². The molecule has 4 aromatic carbocycles. The number of carboxylic acid groups (broad SMARTS) is 1. The molecule has 1 aliphatic rings. The number of carboxylic acids is 1. The van der Waals surface area contributed by atoms with Gasteiger partial charge in [0.05, 0.1) is 34.8 Å². The van der Waals surface area contributed by atoms with Gasteiger partial charge in [0, 0.05) is 10.6 Å². The van der Waals surface area contributed by atoms with Gasteiger partial charge in [-0.2, -0.15) is 39.5 Å². The summed E-state index contributed by atoms with van der Waals surface area (Å²) in [4.78, 5) is 25.4. The Morgan fingerprint density at radius 2 is 1.33 bits per heavy atom. The summed E-state index contributed by atoms with van der Waals surface area (Å²) in [5.41, 5.74) is -2.95. The van der Waals surface area contributed by atoms with Gasteiger partial charge < -0.3 is 9.84 Å². The number of ether oxygens (including phenoxy) is 1. The molecule has 0 aromatic heterocycles. The lowest BCUT2D eigenvalue weighted by molar-refractivity contribution is -0.143. The van der Waals surface area contributed by atoms with Gasteiger partial charge in [0.25, 0.3) is 0 Å². The van der Waals surface area contributed by atoms with Gasteiger partial charge in [-0.25, -0.2) is 9.59 Å². The van der Waals surface area contributed by atoms with Crippen LogP contribution in [0.1, 0.15) is 70.6 Å². The third-order valence-corrected chi connectivity index (χ3v) is 8.47. The summed E-state index contributed by atoms with van der Waals surface area (Å²) >= 11 is 6.52. The number of aromatic carboxylic acids is 1. The van der Waals surface area contributed by atoms with E-state index in [2.05, 4.69) is 0 Å². The Morgan fingerprint density at radius 1 is 0.765 bits per heavy atom. The molecule has 2 unspecified atom stereocenters. The number of carbonyl (C=O) groups excluding carboxylic acids is 1. The molecule has 0 spiro atoms. The molecule has 1 fully saturated rings. The summed E-state index contributed by atoms with van der Waals surface area (Å²) < 4.78 is 128. The van der Waals surface area contributed by atoms with E-state index in [1.165, 1.54) is 25.1 Å². The lowest BCUT2D eigenvalue weighted by atomic mass is 9.92. The summed E-state index contributed by atoms with van der Waals surface area (Å²) in [6, 6.07) is 11.3. The van der Waals surface area contributed by atoms with E-state index in [0.29, 0.717) is 28.8 Å². The molecule has 0 aliphatic carbocycles. The van der Waals surface area contributed by atoms with Crippen LogP contribution in [0.2, 0.25) is 5.02 Å². The summed E-state index contributed by atoms with van der Waals surface area (Å²) in [5, 5.41) is 9.41. The molecule has 1 saturated heterocycles. The van der Waals surface area contributed by atoms with Crippen molar-refractivity contribution in [2.75, 3.05) is 0 Å². The van der Waals surface area contributed by atoms with Gasteiger partial charge in [-0.15, -0.1) is 0 Å². The van der Waals surface area contributed by atoms with Crippen LogP contribution >= 0.6 is 11.6 Å². The van der Waals surface area contributed by atoms with Crippen LogP contribution in [0, 0.1) is 6.92 Å². The van der Waals surface area contributed by atoms with Crippen molar-refractivity contribution in [2.24, 2.45) is 0 Å². The number of cyclic esters (lactones) is 1. The second-order valence-corrected chi connectivity index (χ2v) is 11.8. The van der Waals surface area contributed by atoms with Crippen molar-refractivity contribution in [1.82, 2.24) is 4.90 Å². The van der Waals surface area contributed by atoms with Gasteiger partial charge in [0.1, 0.15) is 6.10 Å². The van der Waals surface area contributed by atoms with E-state index in [9.17, 15) is 54.2 Å². The van der Waals surface area contributed by atoms with E-state index in [-0.39, 0.29) is 33.3 Å². The highest BCUT2D eigenvalue weighted by Crippen LogP contribution is 2.43. The zero-order valence-corrected chi connectivity index (χ0v) is 27.9. The van der Waals surface area contributed by atoms with Crippen molar-refractivity contribution in [3.05, 3.63) is 117 Å². The second kappa shape index (κ2) is 14.5. The van der Waals surface area contributed by atoms with Gasteiger partial charge in [-0.05, 0) is 102 Å². The van der Waals surface area contributed by atoms with Gasteiger partial charge in [0.15, 0.2) is 0 Å². The average Bonchev–Trinajstić information content (AvgIpc) is 3.33. The molecule has 1 N–H and O–H groups in total. The fourth-order valence-electron chi connectivity index (χ4n) is 5.67. The highest BCUT2D eigenvalue weighted by Gasteiger charge is 2.44. The largest absolute Gasteiger partial charge is 0.478 e. The van der Waals surface area contributed by atoms with Crippen LogP contribution in [-0.2, 0) is 29.8 Å². The maximum absolute atomic E-state index is 13.9. The lowest BCUT2D eigenvalue weighted by Gasteiger charge is -2.24. The minimum absolute atomic E-state index is 0.0325. The molecule has 4 aromatic rings. The molecule has 1 aliphatic heterocycles. The quantitative estimate of drug-likeness (QED) is 0.200. The van der Waals surface area contributed by atoms with Crippen LogP contribution in [-0.4, -0.2) is 28.1 Å². The third-order valence-electron chi connectivity index (χ3n) is 8.14. The highest BCUT2D eigenvalue weighted by molar-refractivity contribution is 6.33. The standard InChI is InChI=1S/C34H23ClF9NO4.C2H6/c1-16-9-19(30(46)47)3-6-25(16)18-4-8-28(35)27(13-18)26-7-5-22(32(36,37)38)12-21(26)15-45-17(2)29(49-31(45)48)20-10-23(33(39,40)41)14-24(11-20)34(42,43)44;1-2/h3-14,17,29H,15H2,1-2H3,(H,46,47);1-2H3. The molecular weight excluding hydrogens is 717 g/mol. The van der Waals surface area contributed by atoms with Gasteiger partial charge >= 0.3 is 30.6 Å². The summed E-state index contributed by atoms with van der Waals surface area (Å²) in [6.45, 7) is 6.36. The number of amides is 1. The molecule has 272 valence electrons. The molecule has 5 nitrogen and oxygen atoms in total. The zero-order chi connectivity index (χ0) is 38.2. The number of hydrogen-bond acceptors (Lipinski definition) is 3. The summed E-state index contributed by atoms with van der Waals surface area (Å²) in [6.07, 6.45) is -18.0. The van der Waals surface area contributed by atoms with Gasteiger partial charge in [-0.1, -0.05) is 43.6 Å². The minimum Gasteiger partial charge on any atom is -0.478 e. The highest BCUT2D eigenvalue weighted by atomic mass is 35.5. The fourth-order valence-corrected chi connectivity index (χ4v) is 5.89. The Hall–Kier alpha value is -4.72. The molecule has 51 heavy (non-hydrogen) atoms. The Kier molecular flexibility index (Phi) is 11.1. The number of carbonyl (C=O) groups is 2. The van der Waals surface area contributed by atoms with Crippen molar-refractivity contribution in [2.45, 2.75) is 64.9 Å². The van der Waals surface area contributed by atoms with Crippen molar-refractivity contribution in [1.29, 1.82) is 0 Å². The van der Waals surface area contributed by atoms with Crippen LogP contribution in [0.5, 0.6) is 0 Å². The van der Waals surface area contributed by atoms with Crippen LogP contribution in [0.3, 0.4) is 0 Å². The predicted octanol–water partition coefficient (Wildman–Crippen LogP) is 11.8.